The van der Waals surface area contributed by atoms with Crippen LogP contribution < -0.4 is 10.3 Å². The summed E-state index contributed by atoms with van der Waals surface area (Å²) >= 11 is 0. The van der Waals surface area contributed by atoms with Crippen molar-refractivity contribution in [3.8, 4) is 12.1 Å². The highest BCUT2D eigenvalue weighted by atomic mass is 19.1. The van der Waals surface area contributed by atoms with Gasteiger partial charge in [0.15, 0.2) is 0 Å². The Balaban J connectivity index is 2.53. The number of hydrogen-bond acceptors (Lipinski definition) is 4. The van der Waals surface area contributed by atoms with Gasteiger partial charge >= 0.3 is 0 Å². The first kappa shape index (κ1) is 13.7. The van der Waals surface area contributed by atoms with Crippen molar-refractivity contribution >= 4 is 0 Å². The van der Waals surface area contributed by atoms with Gasteiger partial charge in [-0.2, -0.15) is 5.26 Å². The highest BCUT2D eigenvalue weighted by molar-refractivity contribution is 5.38. The number of benzene rings is 1. The van der Waals surface area contributed by atoms with Crippen LogP contribution in [0.25, 0.3) is 0 Å². The molecule has 6 heteroatoms. The van der Waals surface area contributed by atoms with Crippen molar-refractivity contribution in [2.24, 2.45) is 0 Å². The third-order valence-electron chi connectivity index (χ3n) is 2.80. The smallest absolute Gasteiger partial charge is 0.299 e. The molecule has 1 aromatic carbocycles. The van der Waals surface area contributed by atoms with Gasteiger partial charge in [0.2, 0.25) is 0 Å². The fourth-order valence-electron chi connectivity index (χ4n) is 1.87. The summed E-state index contributed by atoms with van der Waals surface area (Å²) in [6, 6.07) is 7.26. The molecule has 1 aromatic heterocycles. The molecule has 0 radical (unpaired) electrons. The van der Waals surface area contributed by atoms with Crippen LogP contribution in [0.3, 0.4) is 0 Å². The predicted octanol–water partition coefficient (Wildman–Crippen LogP) is 1.62. The number of aromatic nitrogens is 2. The number of nitrogens with zero attached hydrogens (tertiary/aromatic N) is 3. The molecular formula is C14H12FN3O2. The van der Waals surface area contributed by atoms with Gasteiger partial charge in [0.05, 0.1) is 25.3 Å². The number of rotatable bonds is 3. The molecule has 0 fully saturated rings. The first-order valence-electron chi connectivity index (χ1n) is 5.86. The fourth-order valence-corrected chi connectivity index (χ4v) is 1.87. The third-order valence-corrected chi connectivity index (χ3v) is 2.80. The summed E-state index contributed by atoms with van der Waals surface area (Å²) in [7, 11) is 1.40. The maximum absolute atomic E-state index is 13.3. The number of hydrogen-bond donors (Lipinski definition) is 0. The van der Waals surface area contributed by atoms with Crippen molar-refractivity contribution in [2.45, 2.75) is 13.5 Å². The first-order valence-corrected chi connectivity index (χ1v) is 5.86. The lowest BCUT2D eigenvalue weighted by Gasteiger charge is -2.12. The molecule has 2 rings (SSSR count). The Hall–Kier alpha value is -2.68. The van der Waals surface area contributed by atoms with E-state index in [1.54, 1.807) is 6.92 Å². The SMILES string of the molecule is COc1nc(C)cc(=O)n1Cc1cc(F)ccc1C#N. The highest BCUT2D eigenvalue weighted by Crippen LogP contribution is 2.14. The predicted molar refractivity (Wildman–Crippen MR) is 70.0 cm³/mol. The van der Waals surface area contributed by atoms with Crippen LogP contribution in [0.4, 0.5) is 4.39 Å². The van der Waals surface area contributed by atoms with Crippen molar-refractivity contribution in [1.82, 2.24) is 9.55 Å². The lowest BCUT2D eigenvalue weighted by molar-refractivity contribution is 0.349. The topological polar surface area (TPSA) is 67.9 Å². The molecule has 0 aliphatic rings. The van der Waals surface area contributed by atoms with E-state index in [0.717, 1.165) is 0 Å². The summed E-state index contributed by atoms with van der Waals surface area (Å²) in [6.07, 6.45) is 0. The Labute approximate surface area is 114 Å². The van der Waals surface area contributed by atoms with Crippen LogP contribution in [0.15, 0.2) is 29.1 Å². The molecule has 2 aromatic rings. The van der Waals surface area contributed by atoms with Crippen LogP contribution in [-0.4, -0.2) is 16.7 Å². The summed E-state index contributed by atoms with van der Waals surface area (Å²) in [5.41, 5.74) is 0.921. The Morgan fingerprint density at radius 1 is 1.45 bits per heavy atom. The van der Waals surface area contributed by atoms with Crippen LogP contribution in [0.5, 0.6) is 6.01 Å². The first-order chi connectivity index (χ1) is 9.55. The fraction of sp³-hybridized carbons (Fsp3) is 0.214. The molecule has 0 saturated carbocycles. The molecule has 0 bridgehead atoms. The van der Waals surface area contributed by atoms with Crippen LogP contribution in [0, 0.1) is 24.1 Å². The van der Waals surface area contributed by atoms with E-state index in [2.05, 4.69) is 4.98 Å². The van der Waals surface area contributed by atoms with E-state index in [-0.39, 0.29) is 18.1 Å². The molecule has 102 valence electrons. The molecule has 0 unspecified atom stereocenters. The molecule has 0 aliphatic carbocycles. The summed E-state index contributed by atoms with van der Waals surface area (Å²) < 4.78 is 19.6. The standard InChI is InChI=1S/C14H12FN3O2/c1-9-5-13(19)18(14(17-9)20-2)8-11-6-12(15)4-3-10(11)7-16/h3-6H,8H2,1-2H3. The van der Waals surface area contributed by atoms with Gasteiger partial charge in [-0.1, -0.05) is 0 Å². The van der Waals surface area contributed by atoms with Gasteiger partial charge < -0.3 is 4.74 Å². The highest BCUT2D eigenvalue weighted by Gasteiger charge is 2.11. The minimum Gasteiger partial charge on any atom is -0.468 e. The lowest BCUT2D eigenvalue weighted by atomic mass is 10.1. The van der Waals surface area contributed by atoms with Crippen LogP contribution in [0.1, 0.15) is 16.8 Å². The molecule has 5 nitrogen and oxygen atoms in total. The number of ether oxygens (including phenoxy) is 1. The van der Waals surface area contributed by atoms with Crippen molar-refractivity contribution < 1.29 is 9.13 Å². The molecule has 20 heavy (non-hydrogen) atoms. The Kier molecular flexibility index (Phi) is 3.80. The molecule has 1 heterocycles. The van der Waals surface area contributed by atoms with Crippen molar-refractivity contribution in [1.29, 1.82) is 5.26 Å². The van der Waals surface area contributed by atoms with E-state index in [1.807, 2.05) is 6.07 Å². The second-order valence-corrected chi connectivity index (χ2v) is 4.22. The number of halogens is 1. The van der Waals surface area contributed by atoms with Crippen LogP contribution in [0.2, 0.25) is 0 Å². The maximum Gasteiger partial charge on any atom is 0.299 e. The van der Waals surface area contributed by atoms with E-state index in [0.29, 0.717) is 16.8 Å². The Morgan fingerprint density at radius 2 is 2.20 bits per heavy atom. The van der Waals surface area contributed by atoms with Gasteiger partial charge in [-0.15, -0.1) is 0 Å². The molecule has 0 atom stereocenters. The minimum atomic E-state index is -0.467. The van der Waals surface area contributed by atoms with E-state index in [1.165, 1.54) is 35.9 Å². The largest absolute Gasteiger partial charge is 0.468 e. The van der Waals surface area contributed by atoms with E-state index in [9.17, 15) is 9.18 Å². The normalized spacial score (nSPS) is 10.1. The van der Waals surface area contributed by atoms with E-state index >= 15 is 0 Å². The number of methoxy groups -OCH3 is 1. The summed E-state index contributed by atoms with van der Waals surface area (Å²) in [6.45, 7) is 1.70. The van der Waals surface area contributed by atoms with E-state index < -0.39 is 5.82 Å². The Morgan fingerprint density at radius 3 is 2.85 bits per heavy atom. The van der Waals surface area contributed by atoms with Crippen molar-refractivity contribution in [3.63, 3.8) is 0 Å². The molecule has 0 aliphatic heterocycles. The van der Waals surface area contributed by atoms with Gasteiger partial charge in [0.25, 0.3) is 11.6 Å². The van der Waals surface area contributed by atoms with E-state index in [4.69, 9.17) is 10.00 Å². The molecular weight excluding hydrogens is 261 g/mol. The minimum absolute atomic E-state index is 0.0237. The van der Waals surface area contributed by atoms with Crippen molar-refractivity contribution in [3.05, 3.63) is 57.3 Å². The molecule has 0 saturated heterocycles. The summed E-state index contributed by atoms with van der Waals surface area (Å²) in [4.78, 5) is 16.1. The maximum atomic E-state index is 13.3. The monoisotopic (exact) mass is 273 g/mol. The van der Waals surface area contributed by atoms with Gasteiger partial charge in [-0.25, -0.2) is 9.37 Å². The second kappa shape index (κ2) is 5.53. The average Bonchev–Trinajstić information content (AvgIpc) is 2.41. The lowest BCUT2D eigenvalue weighted by Crippen LogP contribution is -2.23. The second-order valence-electron chi connectivity index (χ2n) is 4.22. The number of aryl methyl sites for hydroxylation is 1. The summed E-state index contributed by atoms with van der Waals surface area (Å²) in [5, 5.41) is 9.02. The zero-order valence-electron chi connectivity index (χ0n) is 11.1. The zero-order valence-corrected chi connectivity index (χ0v) is 11.1. The quantitative estimate of drug-likeness (QED) is 0.852. The molecule has 0 spiro atoms. The average molecular weight is 273 g/mol. The van der Waals surface area contributed by atoms with Crippen LogP contribution in [-0.2, 0) is 6.54 Å². The van der Waals surface area contributed by atoms with Gasteiger partial charge in [0, 0.05) is 11.8 Å². The summed E-state index contributed by atoms with van der Waals surface area (Å²) in [5.74, 6) is -0.467. The van der Waals surface area contributed by atoms with Crippen LogP contribution >= 0.6 is 0 Å². The van der Waals surface area contributed by atoms with Gasteiger partial charge in [0.1, 0.15) is 5.82 Å². The third kappa shape index (κ3) is 2.67. The van der Waals surface area contributed by atoms with Gasteiger partial charge in [-0.3, -0.25) is 9.36 Å². The molecule has 0 amide bonds. The number of nitriles is 1. The zero-order chi connectivity index (χ0) is 14.7. The van der Waals surface area contributed by atoms with Gasteiger partial charge in [-0.05, 0) is 30.7 Å². The Bertz CT molecular complexity index is 747. The molecule has 0 N–H and O–H groups in total. The van der Waals surface area contributed by atoms with Crippen molar-refractivity contribution in [2.75, 3.05) is 7.11 Å².